The Labute approximate surface area is 162 Å². The lowest BCUT2D eigenvalue weighted by Gasteiger charge is -2.11. The summed E-state index contributed by atoms with van der Waals surface area (Å²) < 4.78 is 33.1. The highest BCUT2D eigenvalue weighted by Gasteiger charge is 2.11. The lowest BCUT2D eigenvalue weighted by molar-refractivity contribution is -0.111. The average Bonchev–Trinajstić information content (AvgIpc) is 2.60. The highest BCUT2D eigenvalue weighted by molar-refractivity contribution is 7.89. The van der Waals surface area contributed by atoms with Crippen molar-refractivity contribution in [3.05, 3.63) is 53.1 Å². The van der Waals surface area contributed by atoms with E-state index >= 15 is 0 Å². The Balaban J connectivity index is 2.12. The van der Waals surface area contributed by atoms with Crippen molar-refractivity contribution in [3.8, 4) is 11.5 Å². The van der Waals surface area contributed by atoms with Crippen LogP contribution in [0.4, 0.5) is 5.69 Å². The Morgan fingerprint density at radius 1 is 1.26 bits per heavy atom. The van der Waals surface area contributed by atoms with E-state index in [1.54, 1.807) is 18.2 Å². The van der Waals surface area contributed by atoms with Gasteiger partial charge in [0.2, 0.25) is 15.9 Å². The van der Waals surface area contributed by atoms with Crippen LogP contribution in [-0.2, 0) is 14.8 Å². The molecule has 0 aliphatic carbocycles. The Morgan fingerprint density at radius 3 is 2.48 bits per heavy atom. The quantitative estimate of drug-likeness (QED) is 0.682. The van der Waals surface area contributed by atoms with Crippen molar-refractivity contribution in [1.82, 2.24) is 0 Å². The molecular weight excluding hydrogens is 392 g/mol. The normalized spacial score (nSPS) is 11.4. The largest absolute Gasteiger partial charge is 0.491 e. The van der Waals surface area contributed by atoms with Crippen LogP contribution in [-0.4, -0.2) is 28.0 Å². The van der Waals surface area contributed by atoms with Gasteiger partial charge in [-0.15, -0.1) is 0 Å². The van der Waals surface area contributed by atoms with Gasteiger partial charge in [-0.2, -0.15) is 0 Å². The molecule has 2 aromatic rings. The molecule has 0 radical (unpaired) electrons. The first-order chi connectivity index (χ1) is 12.7. The maximum absolute atomic E-state index is 12.1. The predicted molar refractivity (Wildman–Crippen MR) is 105 cm³/mol. The molecule has 2 aromatic carbocycles. The number of halogens is 1. The van der Waals surface area contributed by atoms with Crippen LogP contribution in [0.1, 0.15) is 12.5 Å². The van der Waals surface area contributed by atoms with Crippen LogP contribution < -0.4 is 19.9 Å². The van der Waals surface area contributed by atoms with E-state index in [2.05, 4.69) is 5.32 Å². The van der Waals surface area contributed by atoms with Gasteiger partial charge in [0.25, 0.3) is 0 Å². The summed E-state index contributed by atoms with van der Waals surface area (Å²) in [6.07, 6.45) is 2.89. The number of sulfonamides is 1. The van der Waals surface area contributed by atoms with Crippen LogP contribution in [0.25, 0.3) is 6.08 Å². The minimum absolute atomic E-state index is 0.0348. The van der Waals surface area contributed by atoms with Gasteiger partial charge < -0.3 is 14.8 Å². The van der Waals surface area contributed by atoms with Crippen LogP contribution in [0.15, 0.2) is 47.4 Å². The third-order valence-electron chi connectivity index (χ3n) is 3.41. The van der Waals surface area contributed by atoms with E-state index in [1.807, 2.05) is 6.92 Å². The number of primary sulfonamides is 1. The molecule has 3 N–H and O–H groups in total. The van der Waals surface area contributed by atoms with Crippen molar-refractivity contribution in [2.75, 3.05) is 19.0 Å². The number of benzene rings is 2. The molecule has 0 fully saturated rings. The standard InChI is InChI=1S/C18H19ClN2O5S/c1-3-26-16-11-12(10-15(19)18(16)25-2)4-9-17(22)21-13-5-7-14(8-6-13)27(20,23)24/h4-11H,3H2,1-2H3,(H,21,22)(H2,20,23,24)/b9-4+. The number of ether oxygens (including phenoxy) is 2. The summed E-state index contributed by atoms with van der Waals surface area (Å²) in [6.45, 7) is 2.28. The molecular formula is C18H19ClN2O5S. The van der Waals surface area contributed by atoms with Crippen LogP contribution in [0.3, 0.4) is 0 Å². The summed E-state index contributed by atoms with van der Waals surface area (Å²) in [5, 5.41) is 8.01. The van der Waals surface area contributed by atoms with E-state index in [-0.39, 0.29) is 4.90 Å². The number of anilines is 1. The van der Waals surface area contributed by atoms with Gasteiger partial charge in [-0.1, -0.05) is 11.6 Å². The third-order valence-corrected chi connectivity index (χ3v) is 4.62. The number of nitrogens with one attached hydrogen (secondary N) is 1. The van der Waals surface area contributed by atoms with Crippen molar-refractivity contribution in [2.45, 2.75) is 11.8 Å². The average molecular weight is 411 g/mol. The molecule has 0 saturated carbocycles. The molecule has 144 valence electrons. The van der Waals surface area contributed by atoms with Crippen LogP contribution >= 0.6 is 11.6 Å². The van der Waals surface area contributed by atoms with E-state index in [9.17, 15) is 13.2 Å². The minimum Gasteiger partial charge on any atom is -0.491 e. The molecule has 0 aliphatic rings. The number of carbonyl (C=O) groups excluding carboxylic acids is 1. The summed E-state index contributed by atoms with van der Waals surface area (Å²) in [4.78, 5) is 12.0. The van der Waals surface area contributed by atoms with Crippen LogP contribution in [0.5, 0.6) is 11.5 Å². The van der Waals surface area contributed by atoms with Gasteiger partial charge >= 0.3 is 0 Å². The van der Waals surface area contributed by atoms with Gasteiger partial charge in [-0.3, -0.25) is 4.79 Å². The summed E-state index contributed by atoms with van der Waals surface area (Å²) >= 11 is 6.17. The maximum Gasteiger partial charge on any atom is 0.248 e. The Morgan fingerprint density at radius 2 is 1.93 bits per heavy atom. The zero-order chi connectivity index (χ0) is 20.0. The van der Waals surface area contributed by atoms with Gasteiger partial charge in [0.05, 0.1) is 23.6 Å². The molecule has 0 bridgehead atoms. The number of nitrogens with two attached hydrogens (primary N) is 1. The van der Waals surface area contributed by atoms with Crippen molar-refractivity contribution < 1.29 is 22.7 Å². The first-order valence-corrected chi connectivity index (χ1v) is 9.79. The number of carbonyl (C=O) groups is 1. The molecule has 0 aromatic heterocycles. The van der Waals surface area contributed by atoms with Gasteiger partial charge in [0.1, 0.15) is 0 Å². The lowest BCUT2D eigenvalue weighted by atomic mass is 10.2. The van der Waals surface area contributed by atoms with E-state index < -0.39 is 15.9 Å². The zero-order valence-electron chi connectivity index (χ0n) is 14.7. The highest BCUT2D eigenvalue weighted by Crippen LogP contribution is 2.36. The second kappa shape index (κ2) is 8.90. The topological polar surface area (TPSA) is 108 Å². The first kappa shape index (κ1) is 20.8. The molecule has 0 aliphatic heterocycles. The minimum atomic E-state index is -3.77. The number of methoxy groups -OCH3 is 1. The van der Waals surface area contributed by atoms with Crippen LogP contribution in [0, 0.1) is 0 Å². The van der Waals surface area contributed by atoms with Crippen LogP contribution in [0.2, 0.25) is 5.02 Å². The Bertz CT molecular complexity index is 956. The first-order valence-electron chi connectivity index (χ1n) is 7.87. The van der Waals surface area contributed by atoms with E-state index in [1.165, 1.54) is 37.5 Å². The molecule has 1 amide bonds. The molecule has 0 spiro atoms. The second-order valence-corrected chi connectivity index (χ2v) is 7.33. The molecule has 2 rings (SSSR count). The molecule has 27 heavy (non-hydrogen) atoms. The van der Waals surface area contributed by atoms with Crippen molar-refractivity contribution >= 4 is 39.3 Å². The zero-order valence-corrected chi connectivity index (χ0v) is 16.3. The number of hydrogen-bond acceptors (Lipinski definition) is 5. The molecule has 0 atom stereocenters. The highest BCUT2D eigenvalue weighted by atomic mass is 35.5. The smallest absolute Gasteiger partial charge is 0.248 e. The number of hydrogen-bond donors (Lipinski definition) is 2. The van der Waals surface area contributed by atoms with Crippen molar-refractivity contribution in [2.24, 2.45) is 5.14 Å². The lowest BCUT2D eigenvalue weighted by Crippen LogP contribution is -2.12. The predicted octanol–water partition coefficient (Wildman–Crippen LogP) is 3.05. The van der Waals surface area contributed by atoms with Crippen molar-refractivity contribution in [1.29, 1.82) is 0 Å². The summed E-state index contributed by atoms with van der Waals surface area (Å²) in [7, 11) is -2.28. The van der Waals surface area contributed by atoms with E-state index in [0.717, 1.165) is 0 Å². The number of amides is 1. The fourth-order valence-corrected chi connectivity index (χ4v) is 3.04. The number of rotatable bonds is 7. The molecule has 0 saturated heterocycles. The molecule has 0 heterocycles. The molecule has 0 unspecified atom stereocenters. The monoisotopic (exact) mass is 410 g/mol. The van der Waals surface area contributed by atoms with E-state index in [0.29, 0.717) is 34.4 Å². The summed E-state index contributed by atoms with van der Waals surface area (Å²) in [5.74, 6) is 0.504. The van der Waals surface area contributed by atoms with Gasteiger partial charge in [0, 0.05) is 11.8 Å². The maximum atomic E-state index is 12.1. The SMILES string of the molecule is CCOc1cc(/C=C/C(=O)Nc2ccc(S(N)(=O)=O)cc2)cc(Cl)c1OC. The third kappa shape index (κ3) is 5.72. The fourth-order valence-electron chi connectivity index (χ4n) is 2.23. The van der Waals surface area contributed by atoms with Gasteiger partial charge in [0.15, 0.2) is 11.5 Å². The van der Waals surface area contributed by atoms with Gasteiger partial charge in [-0.25, -0.2) is 13.6 Å². The molecule has 9 heteroatoms. The summed E-state index contributed by atoms with van der Waals surface area (Å²) in [5.41, 5.74) is 1.09. The molecule has 7 nitrogen and oxygen atoms in total. The second-order valence-electron chi connectivity index (χ2n) is 5.36. The van der Waals surface area contributed by atoms with E-state index in [4.69, 9.17) is 26.2 Å². The van der Waals surface area contributed by atoms with Gasteiger partial charge in [-0.05, 0) is 55.0 Å². The summed E-state index contributed by atoms with van der Waals surface area (Å²) in [6, 6.07) is 8.87. The Kier molecular flexibility index (Phi) is 6.84. The van der Waals surface area contributed by atoms with Crippen molar-refractivity contribution in [3.63, 3.8) is 0 Å². The fraction of sp³-hybridized carbons (Fsp3) is 0.167. The Hall–Kier alpha value is -2.55.